The van der Waals surface area contributed by atoms with E-state index in [1.165, 1.54) is 7.11 Å². The second-order valence-electron chi connectivity index (χ2n) is 5.68. The summed E-state index contributed by atoms with van der Waals surface area (Å²) in [5, 5.41) is 8.89. The van der Waals surface area contributed by atoms with Gasteiger partial charge in [0.1, 0.15) is 0 Å². The Morgan fingerprint density at radius 3 is 2.05 bits per heavy atom. The van der Waals surface area contributed by atoms with Crippen LogP contribution in [0, 0.1) is 0 Å². The Morgan fingerprint density at radius 1 is 1.27 bits per heavy atom. The first-order valence-electron chi connectivity index (χ1n) is 7.26. The first-order chi connectivity index (χ1) is 10.1. The van der Waals surface area contributed by atoms with Crippen LogP contribution in [0.5, 0.6) is 0 Å². The van der Waals surface area contributed by atoms with Crippen LogP contribution in [-0.2, 0) is 18.6 Å². The van der Waals surface area contributed by atoms with Gasteiger partial charge in [-0.05, 0) is 13.8 Å². The summed E-state index contributed by atoms with van der Waals surface area (Å²) in [5.41, 5.74) is 4.83. The molecule has 1 aliphatic rings. The highest BCUT2D eigenvalue weighted by atomic mass is 31.2. The summed E-state index contributed by atoms with van der Waals surface area (Å²) in [6.07, 6.45) is 0.505. The summed E-state index contributed by atoms with van der Waals surface area (Å²) in [4.78, 5) is 13.1. The molecule has 22 heavy (non-hydrogen) atoms. The Hall–Kier alpha value is -0.500. The molecule has 9 heteroatoms. The average Bonchev–Trinajstić information content (AvgIpc) is 2.46. The molecule has 0 bridgehead atoms. The van der Waals surface area contributed by atoms with Gasteiger partial charge in [-0.1, -0.05) is 6.92 Å². The zero-order valence-electron chi connectivity index (χ0n) is 14.2. The smallest absolute Gasteiger partial charge is 0.340 e. The highest BCUT2D eigenvalue weighted by molar-refractivity contribution is 7.53. The van der Waals surface area contributed by atoms with E-state index in [4.69, 9.17) is 15.1 Å². The molecule has 0 aromatic rings. The van der Waals surface area contributed by atoms with E-state index in [9.17, 15) is 9.36 Å². The van der Waals surface area contributed by atoms with Gasteiger partial charge in [0.25, 0.3) is 0 Å². The van der Waals surface area contributed by atoms with Crippen LogP contribution in [0.2, 0.25) is 0 Å². The Balaban J connectivity index is 0.000000534. The number of nitrogens with zero attached hydrogens (tertiary/aromatic N) is 2. The van der Waals surface area contributed by atoms with Gasteiger partial charge in [0, 0.05) is 46.8 Å². The number of amides is 1. The van der Waals surface area contributed by atoms with Crippen molar-refractivity contribution in [3.05, 3.63) is 0 Å². The molecule has 3 N–H and O–H groups in total. The van der Waals surface area contributed by atoms with E-state index >= 15 is 0 Å². The minimum Gasteiger partial charge on any atom is -0.388 e. The van der Waals surface area contributed by atoms with Crippen molar-refractivity contribution < 1.29 is 23.7 Å². The molecule has 1 aliphatic heterocycles. The van der Waals surface area contributed by atoms with Gasteiger partial charge in [-0.25, -0.2) is 10.2 Å². The molecule has 1 amide bonds. The van der Waals surface area contributed by atoms with Crippen molar-refractivity contribution in [1.82, 2.24) is 9.57 Å². The molecule has 1 atom stereocenters. The number of hydrogen-bond acceptors (Lipinski definition) is 5. The fraction of sp³-hybridized carbons (Fsp3) is 0.923. The molecular formula is C13H30N3O5P. The van der Waals surface area contributed by atoms with Crippen molar-refractivity contribution in [3.8, 4) is 0 Å². The molecule has 1 fully saturated rings. The summed E-state index contributed by atoms with van der Waals surface area (Å²) in [7, 11) is -0.214. The second-order valence-corrected chi connectivity index (χ2v) is 7.74. The number of piperazine rings is 1. The molecule has 0 aromatic carbocycles. The van der Waals surface area contributed by atoms with Crippen molar-refractivity contribution in [2.24, 2.45) is 5.50 Å². The fourth-order valence-corrected chi connectivity index (χ4v) is 2.88. The Bertz CT molecular complexity index is 378. The minimum absolute atomic E-state index is 0.124. The topological polar surface area (TPSA) is 105 Å². The number of hydrogen-bond donors (Lipinski definition) is 2. The van der Waals surface area contributed by atoms with Crippen LogP contribution < -0.4 is 5.50 Å². The third-order valence-electron chi connectivity index (χ3n) is 3.06. The number of carbonyl (C=O) groups is 1. The lowest BCUT2D eigenvalue weighted by Crippen LogP contribution is -2.48. The van der Waals surface area contributed by atoms with Gasteiger partial charge in [0.05, 0.1) is 12.2 Å². The SMILES string of the molecule is CCC(=O)N1CCN(P(N)(=O)OC)CC1.COCC(C)(C)O. The van der Waals surface area contributed by atoms with Crippen molar-refractivity contribution in [3.63, 3.8) is 0 Å². The normalized spacial score (nSPS) is 19.1. The van der Waals surface area contributed by atoms with Crippen LogP contribution in [0.4, 0.5) is 0 Å². The monoisotopic (exact) mass is 339 g/mol. The van der Waals surface area contributed by atoms with Crippen LogP contribution in [0.3, 0.4) is 0 Å². The van der Waals surface area contributed by atoms with Gasteiger partial charge in [-0.15, -0.1) is 0 Å². The van der Waals surface area contributed by atoms with Crippen LogP contribution in [0.1, 0.15) is 27.2 Å². The highest BCUT2D eigenvalue weighted by Crippen LogP contribution is 2.41. The van der Waals surface area contributed by atoms with Crippen LogP contribution in [0.15, 0.2) is 0 Å². The van der Waals surface area contributed by atoms with E-state index in [0.29, 0.717) is 39.2 Å². The third-order valence-corrected chi connectivity index (χ3v) is 4.78. The van der Waals surface area contributed by atoms with E-state index in [1.54, 1.807) is 30.5 Å². The van der Waals surface area contributed by atoms with E-state index in [0.717, 1.165) is 0 Å². The molecule has 1 unspecified atom stereocenters. The lowest BCUT2D eigenvalue weighted by molar-refractivity contribution is -0.132. The quantitative estimate of drug-likeness (QED) is 0.709. The molecule has 8 nitrogen and oxygen atoms in total. The van der Waals surface area contributed by atoms with Gasteiger partial charge in [-0.3, -0.25) is 9.36 Å². The largest absolute Gasteiger partial charge is 0.388 e. The van der Waals surface area contributed by atoms with Gasteiger partial charge < -0.3 is 19.3 Å². The first-order valence-corrected chi connectivity index (χ1v) is 8.91. The van der Waals surface area contributed by atoms with E-state index in [1.807, 2.05) is 6.92 Å². The number of nitrogens with two attached hydrogens (primary N) is 1. The first kappa shape index (κ1) is 21.5. The van der Waals surface area contributed by atoms with Gasteiger partial charge in [0.2, 0.25) is 5.91 Å². The number of rotatable bonds is 5. The van der Waals surface area contributed by atoms with Crippen molar-refractivity contribution >= 4 is 13.6 Å². The lowest BCUT2D eigenvalue weighted by atomic mass is 10.2. The van der Waals surface area contributed by atoms with Gasteiger partial charge in [-0.2, -0.15) is 0 Å². The fourth-order valence-electron chi connectivity index (χ4n) is 1.92. The average molecular weight is 339 g/mol. The molecule has 1 rings (SSSR count). The summed E-state index contributed by atoms with van der Waals surface area (Å²) < 4.78 is 22.7. The maximum Gasteiger partial charge on any atom is 0.340 e. The molecule has 1 heterocycles. The number of ether oxygens (including phenoxy) is 1. The molecule has 0 aliphatic carbocycles. The van der Waals surface area contributed by atoms with E-state index in [-0.39, 0.29) is 5.91 Å². The van der Waals surface area contributed by atoms with Crippen LogP contribution >= 0.6 is 7.67 Å². The highest BCUT2D eigenvalue weighted by Gasteiger charge is 2.30. The lowest BCUT2D eigenvalue weighted by Gasteiger charge is -2.36. The number of aliphatic hydroxyl groups is 1. The molecule has 0 radical (unpaired) electrons. The summed E-state index contributed by atoms with van der Waals surface area (Å²) >= 11 is 0. The molecule has 1 saturated heterocycles. The standard InChI is InChI=1S/C8H18N3O3P.C5H12O2/c1-3-8(12)10-4-6-11(7-5-10)15(9,13)14-2;1-5(2,6)4-7-3/h3-7H2,1-2H3,(H2,9,13);6H,4H2,1-3H3. The molecule has 0 spiro atoms. The number of carbonyl (C=O) groups excluding carboxylic acids is 1. The van der Waals surface area contributed by atoms with Gasteiger partial charge >= 0.3 is 7.67 Å². The third kappa shape index (κ3) is 8.22. The molecule has 132 valence electrons. The number of methoxy groups -OCH3 is 1. The predicted molar refractivity (Wildman–Crippen MR) is 85.4 cm³/mol. The summed E-state index contributed by atoms with van der Waals surface area (Å²) in [6, 6.07) is 0. The molecule has 0 saturated carbocycles. The zero-order chi connectivity index (χ0) is 17.4. The van der Waals surface area contributed by atoms with E-state index < -0.39 is 13.3 Å². The predicted octanol–water partition coefficient (Wildman–Crippen LogP) is 0.658. The maximum absolute atomic E-state index is 11.7. The molecule has 0 aromatic heterocycles. The minimum atomic E-state index is -3.12. The van der Waals surface area contributed by atoms with Crippen molar-refractivity contribution in [2.75, 3.05) is 47.0 Å². The Kier molecular flexibility index (Phi) is 9.38. The van der Waals surface area contributed by atoms with Crippen LogP contribution in [0.25, 0.3) is 0 Å². The second kappa shape index (κ2) is 9.60. The summed E-state index contributed by atoms with van der Waals surface area (Å²) in [5.74, 6) is 0.124. The molecular weight excluding hydrogens is 309 g/mol. The van der Waals surface area contributed by atoms with Gasteiger partial charge in [0.15, 0.2) is 0 Å². The Morgan fingerprint density at radius 2 is 1.77 bits per heavy atom. The maximum atomic E-state index is 11.7. The van der Waals surface area contributed by atoms with Crippen molar-refractivity contribution in [1.29, 1.82) is 0 Å². The van der Waals surface area contributed by atoms with Crippen molar-refractivity contribution in [2.45, 2.75) is 32.8 Å². The summed E-state index contributed by atoms with van der Waals surface area (Å²) in [6.45, 7) is 7.78. The Labute approximate surface area is 133 Å². The van der Waals surface area contributed by atoms with Crippen LogP contribution in [-0.4, -0.2) is 73.2 Å². The van der Waals surface area contributed by atoms with E-state index in [2.05, 4.69) is 4.74 Å². The zero-order valence-corrected chi connectivity index (χ0v) is 15.1.